The summed E-state index contributed by atoms with van der Waals surface area (Å²) in [5, 5.41) is 0. The molecule has 0 aliphatic carbocycles. The van der Waals surface area contributed by atoms with Crippen LogP contribution in [0.25, 0.3) is 0 Å². The molecule has 4 nitrogen and oxygen atoms in total. The average Bonchev–Trinajstić information content (AvgIpc) is 2.66. The summed E-state index contributed by atoms with van der Waals surface area (Å²) in [7, 11) is 3.14. The summed E-state index contributed by atoms with van der Waals surface area (Å²) < 4.78 is 0. The van der Waals surface area contributed by atoms with Gasteiger partial charge in [0.15, 0.2) is 0 Å². The summed E-state index contributed by atoms with van der Waals surface area (Å²) >= 11 is 10.6. The van der Waals surface area contributed by atoms with Gasteiger partial charge in [-0.25, -0.2) is 0 Å². The number of thiocarbonyl (C=S) groups is 2. The van der Waals surface area contributed by atoms with Gasteiger partial charge in [0.1, 0.15) is 16.4 Å². The van der Waals surface area contributed by atoms with E-state index in [1.165, 1.54) is 9.80 Å². The first-order valence-electron chi connectivity index (χ1n) is 7.63. The highest BCUT2D eigenvalue weighted by Crippen LogP contribution is 2.09. The van der Waals surface area contributed by atoms with Crippen molar-refractivity contribution in [3.8, 4) is 0 Å². The van der Waals surface area contributed by atoms with Crippen LogP contribution in [0.15, 0.2) is 60.7 Å². The van der Waals surface area contributed by atoms with Crippen LogP contribution in [0, 0.1) is 0 Å². The minimum absolute atomic E-state index is 0.299. The van der Waals surface area contributed by atoms with E-state index in [1.807, 2.05) is 60.7 Å². The Bertz CT molecular complexity index is 724. The van der Waals surface area contributed by atoms with Gasteiger partial charge in [-0.05, 0) is 0 Å². The van der Waals surface area contributed by atoms with Crippen molar-refractivity contribution < 1.29 is 9.59 Å². The summed E-state index contributed by atoms with van der Waals surface area (Å²) in [5.41, 5.74) is 1.52. The molecule has 0 saturated carbocycles. The van der Waals surface area contributed by atoms with E-state index in [0.717, 1.165) is 11.1 Å². The molecule has 0 aromatic heterocycles. The van der Waals surface area contributed by atoms with Crippen molar-refractivity contribution in [1.29, 1.82) is 0 Å². The van der Waals surface area contributed by atoms with Crippen molar-refractivity contribution in [2.45, 2.75) is 6.42 Å². The monoisotopic (exact) mass is 370 g/mol. The van der Waals surface area contributed by atoms with Crippen LogP contribution < -0.4 is 0 Å². The highest BCUT2D eigenvalue weighted by molar-refractivity contribution is 7.81. The maximum atomic E-state index is 12.4. The zero-order valence-corrected chi connectivity index (χ0v) is 15.6. The third-order valence-electron chi connectivity index (χ3n) is 3.70. The number of amides is 2. The summed E-state index contributed by atoms with van der Waals surface area (Å²) in [6.07, 6.45) is -0.299. The van der Waals surface area contributed by atoms with E-state index in [1.54, 1.807) is 14.1 Å². The molecule has 128 valence electrons. The lowest BCUT2D eigenvalue weighted by Gasteiger charge is -2.21. The number of carbonyl (C=O) groups is 2. The van der Waals surface area contributed by atoms with Gasteiger partial charge in [-0.1, -0.05) is 85.1 Å². The molecule has 0 spiro atoms. The van der Waals surface area contributed by atoms with E-state index >= 15 is 0 Å². The van der Waals surface area contributed by atoms with Crippen molar-refractivity contribution in [3.05, 3.63) is 71.8 Å². The molecule has 0 unspecified atom stereocenters. The first-order valence-corrected chi connectivity index (χ1v) is 8.45. The Balaban J connectivity index is 2.00. The molecule has 2 amide bonds. The Morgan fingerprint density at radius 3 is 1.36 bits per heavy atom. The Kier molecular flexibility index (Phi) is 6.50. The van der Waals surface area contributed by atoms with Crippen LogP contribution >= 0.6 is 24.4 Å². The molecule has 0 atom stereocenters. The fourth-order valence-electron chi connectivity index (χ4n) is 2.14. The first kappa shape index (κ1) is 18.9. The molecule has 2 aromatic rings. The molecule has 0 saturated heterocycles. The van der Waals surface area contributed by atoms with E-state index in [2.05, 4.69) is 0 Å². The lowest BCUT2D eigenvalue weighted by molar-refractivity contribution is -0.135. The number of hydrogen-bond acceptors (Lipinski definition) is 4. The minimum atomic E-state index is -0.374. The SMILES string of the molecule is CN(C(=O)CC(=O)N(C)C(=S)c1ccccc1)C(=S)c1ccccc1. The normalized spacial score (nSPS) is 10.0. The molecule has 0 aliphatic rings. The number of rotatable bonds is 4. The fraction of sp³-hybridized carbons (Fsp3) is 0.158. The standard InChI is InChI=1S/C19H18N2O2S2/c1-20(18(24)14-9-5-3-6-10-14)16(22)13-17(23)21(2)19(25)15-11-7-4-8-12-15/h3-12H,13H2,1-2H3. The quantitative estimate of drug-likeness (QED) is 0.613. The van der Waals surface area contributed by atoms with Gasteiger partial charge in [-0.3, -0.25) is 9.59 Å². The molecule has 0 heterocycles. The predicted octanol–water partition coefficient (Wildman–Crippen LogP) is 3.04. The molecule has 0 fully saturated rings. The van der Waals surface area contributed by atoms with Crippen LogP contribution in [-0.2, 0) is 9.59 Å². The Hall–Kier alpha value is -2.44. The Morgan fingerprint density at radius 2 is 1.04 bits per heavy atom. The van der Waals surface area contributed by atoms with Gasteiger partial charge in [0.05, 0.1) is 0 Å². The molecule has 25 heavy (non-hydrogen) atoms. The zero-order valence-electron chi connectivity index (χ0n) is 14.0. The van der Waals surface area contributed by atoms with Crippen LogP contribution in [-0.4, -0.2) is 45.7 Å². The lowest BCUT2D eigenvalue weighted by Crippen LogP contribution is -2.39. The van der Waals surface area contributed by atoms with Gasteiger partial charge in [0.2, 0.25) is 11.8 Å². The van der Waals surface area contributed by atoms with Gasteiger partial charge in [0.25, 0.3) is 0 Å². The van der Waals surface area contributed by atoms with Crippen LogP contribution in [0.3, 0.4) is 0 Å². The zero-order chi connectivity index (χ0) is 18.4. The molecule has 0 N–H and O–H groups in total. The molecule has 0 aliphatic heterocycles. The smallest absolute Gasteiger partial charge is 0.236 e. The minimum Gasteiger partial charge on any atom is -0.305 e. The Labute approximate surface area is 158 Å². The van der Waals surface area contributed by atoms with E-state index in [0.29, 0.717) is 9.98 Å². The third kappa shape index (κ3) is 4.78. The topological polar surface area (TPSA) is 40.6 Å². The summed E-state index contributed by atoms with van der Waals surface area (Å²) in [5.74, 6) is -0.747. The fourth-order valence-corrected chi connectivity index (χ4v) is 2.62. The van der Waals surface area contributed by atoms with Crippen molar-refractivity contribution in [1.82, 2.24) is 9.80 Å². The second-order valence-electron chi connectivity index (χ2n) is 5.42. The van der Waals surface area contributed by atoms with Gasteiger partial charge < -0.3 is 9.80 Å². The third-order valence-corrected chi connectivity index (χ3v) is 4.72. The number of hydrogen-bond donors (Lipinski definition) is 0. The summed E-state index contributed by atoms with van der Waals surface area (Å²) in [6, 6.07) is 18.4. The number of benzene rings is 2. The maximum absolute atomic E-state index is 12.4. The van der Waals surface area contributed by atoms with Crippen LogP contribution in [0.1, 0.15) is 17.5 Å². The molecule has 6 heteroatoms. The molecular formula is C19H18N2O2S2. The van der Waals surface area contributed by atoms with Gasteiger partial charge in [0, 0.05) is 25.2 Å². The second kappa shape index (κ2) is 8.60. The Morgan fingerprint density at radius 1 is 0.720 bits per heavy atom. The number of carbonyl (C=O) groups excluding carboxylic acids is 2. The second-order valence-corrected chi connectivity index (χ2v) is 6.20. The van der Waals surface area contributed by atoms with Crippen molar-refractivity contribution in [2.75, 3.05) is 14.1 Å². The van der Waals surface area contributed by atoms with Crippen LogP contribution in [0.4, 0.5) is 0 Å². The van der Waals surface area contributed by atoms with E-state index in [9.17, 15) is 9.59 Å². The van der Waals surface area contributed by atoms with Crippen molar-refractivity contribution in [3.63, 3.8) is 0 Å². The van der Waals surface area contributed by atoms with E-state index in [-0.39, 0.29) is 18.2 Å². The predicted molar refractivity (Wildman–Crippen MR) is 106 cm³/mol. The van der Waals surface area contributed by atoms with Gasteiger partial charge >= 0.3 is 0 Å². The summed E-state index contributed by atoms with van der Waals surface area (Å²) in [4.78, 5) is 28.2. The molecule has 0 bridgehead atoms. The van der Waals surface area contributed by atoms with E-state index in [4.69, 9.17) is 24.4 Å². The van der Waals surface area contributed by atoms with E-state index < -0.39 is 0 Å². The van der Waals surface area contributed by atoms with Crippen LogP contribution in [0.5, 0.6) is 0 Å². The van der Waals surface area contributed by atoms with Crippen molar-refractivity contribution >= 4 is 46.2 Å². The lowest BCUT2D eigenvalue weighted by atomic mass is 10.2. The average molecular weight is 370 g/mol. The van der Waals surface area contributed by atoms with Gasteiger partial charge in [-0.2, -0.15) is 0 Å². The largest absolute Gasteiger partial charge is 0.305 e. The van der Waals surface area contributed by atoms with Crippen molar-refractivity contribution in [2.24, 2.45) is 0 Å². The molecular weight excluding hydrogens is 352 g/mol. The summed E-state index contributed by atoms with van der Waals surface area (Å²) in [6.45, 7) is 0. The first-order chi connectivity index (χ1) is 11.9. The van der Waals surface area contributed by atoms with Crippen LogP contribution in [0.2, 0.25) is 0 Å². The molecule has 2 aromatic carbocycles. The van der Waals surface area contributed by atoms with Gasteiger partial charge in [-0.15, -0.1) is 0 Å². The number of nitrogens with zero attached hydrogens (tertiary/aromatic N) is 2. The highest BCUT2D eigenvalue weighted by atomic mass is 32.1. The maximum Gasteiger partial charge on any atom is 0.236 e. The molecule has 0 radical (unpaired) electrons. The molecule has 2 rings (SSSR count). The highest BCUT2D eigenvalue weighted by Gasteiger charge is 2.22.